The molecule has 0 nitrogen and oxygen atoms in total. The highest BCUT2D eigenvalue weighted by Crippen LogP contribution is 2.38. The maximum Gasteiger partial charge on any atom is 0.416 e. The summed E-state index contributed by atoms with van der Waals surface area (Å²) in [6, 6.07) is 1.50. The number of alkyl halides is 3. The maximum absolute atomic E-state index is 13.9. The smallest absolute Gasteiger partial charge is 0.205 e. The summed E-state index contributed by atoms with van der Waals surface area (Å²) in [5, 5.41) is -0.473. The van der Waals surface area contributed by atoms with Crippen LogP contribution in [0.5, 0.6) is 0 Å². The molecule has 18 heavy (non-hydrogen) atoms. The van der Waals surface area contributed by atoms with Crippen LogP contribution in [0, 0.1) is 11.7 Å². The van der Waals surface area contributed by atoms with Crippen molar-refractivity contribution in [3.63, 3.8) is 0 Å². The van der Waals surface area contributed by atoms with E-state index < -0.39 is 22.6 Å². The van der Waals surface area contributed by atoms with E-state index in [-0.39, 0.29) is 17.4 Å². The van der Waals surface area contributed by atoms with Gasteiger partial charge in [0.25, 0.3) is 0 Å². The predicted molar refractivity (Wildman–Crippen MR) is 64.3 cm³/mol. The van der Waals surface area contributed by atoms with Gasteiger partial charge in [0.05, 0.1) is 10.6 Å². The molecule has 1 atom stereocenters. The second-order valence-electron chi connectivity index (χ2n) is 4.62. The second kappa shape index (κ2) is 5.47. The fourth-order valence-electron chi connectivity index (χ4n) is 2.09. The molecule has 1 rings (SSSR count). The monoisotopic (exact) mass is 282 g/mol. The minimum Gasteiger partial charge on any atom is -0.205 e. The Morgan fingerprint density at radius 2 is 1.78 bits per heavy atom. The van der Waals surface area contributed by atoms with Gasteiger partial charge in [0, 0.05) is 0 Å². The van der Waals surface area contributed by atoms with Gasteiger partial charge in [-0.3, -0.25) is 0 Å². The van der Waals surface area contributed by atoms with Gasteiger partial charge >= 0.3 is 6.18 Å². The van der Waals surface area contributed by atoms with Crippen LogP contribution in [0.3, 0.4) is 0 Å². The molecule has 1 aromatic carbocycles. The third-order valence-corrected chi connectivity index (χ3v) is 3.30. The number of hydrogen-bond acceptors (Lipinski definition) is 0. The van der Waals surface area contributed by atoms with Gasteiger partial charge in [-0.05, 0) is 36.0 Å². The molecule has 5 heteroatoms. The molecule has 0 bridgehead atoms. The van der Waals surface area contributed by atoms with Crippen molar-refractivity contribution in [2.24, 2.45) is 5.92 Å². The Bertz CT molecular complexity index is 424. The topological polar surface area (TPSA) is 0 Å². The quantitative estimate of drug-likeness (QED) is 0.629. The van der Waals surface area contributed by atoms with Gasteiger partial charge < -0.3 is 0 Å². The van der Waals surface area contributed by atoms with Gasteiger partial charge in [-0.1, -0.05) is 32.4 Å². The molecule has 0 amide bonds. The van der Waals surface area contributed by atoms with E-state index in [4.69, 9.17) is 11.6 Å². The van der Waals surface area contributed by atoms with Gasteiger partial charge in [-0.2, -0.15) is 13.2 Å². The van der Waals surface area contributed by atoms with Crippen molar-refractivity contribution in [2.45, 2.75) is 39.3 Å². The molecule has 0 aromatic heterocycles. The van der Waals surface area contributed by atoms with E-state index in [0.29, 0.717) is 12.5 Å². The lowest BCUT2D eigenvalue weighted by Gasteiger charge is -2.22. The summed E-state index contributed by atoms with van der Waals surface area (Å²) in [4.78, 5) is 0. The van der Waals surface area contributed by atoms with Crippen molar-refractivity contribution in [1.82, 2.24) is 0 Å². The van der Waals surface area contributed by atoms with E-state index in [1.807, 2.05) is 20.8 Å². The van der Waals surface area contributed by atoms with Crippen molar-refractivity contribution in [2.75, 3.05) is 0 Å². The van der Waals surface area contributed by atoms with E-state index in [1.165, 1.54) is 0 Å². The first-order valence-electron chi connectivity index (χ1n) is 5.74. The Morgan fingerprint density at radius 1 is 1.22 bits per heavy atom. The summed E-state index contributed by atoms with van der Waals surface area (Å²) in [5.74, 6) is -0.973. The van der Waals surface area contributed by atoms with Crippen molar-refractivity contribution in [3.05, 3.63) is 34.1 Å². The van der Waals surface area contributed by atoms with Crippen LogP contribution < -0.4 is 0 Å². The van der Waals surface area contributed by atoms with Crippen LogP contribution >= 0.6 is 11.6 Å². The zero-order valence-corrected chi connectivity index (χ0v) is 11.2. The Kier molecular flexibility index (Phi) is 4.65. The highest BCUT2D eigenvalue weighted by molar-refractivity contribution is 6.30. The average molecular weight is 283 g/mol. The van der Waals surface area contributed by atoms with E-state index in [2.05, 4.69) is 0 Å². The van der Waals surface area contributed by atoms with Crippen LogP contribution in [0.4, 0.5) is 17.6 Å². The zero-order valence-electron chi connectivity index (χ0n) is 10.4. The minimum absolute atomic E-state index is 0.0454. The number of benzene rings is 1. The Labute approximate surface area is 109 Å². The van der Waals surface area contributed by atoms with Crippen LogP contribution in [0.15, 0.2) is 12.1 Å². The second-order valence-corrected chi connectivity index (χ2v) is 5.02. The summed E-state index contributed by atoms with van der Waals surface area (Å²) in [6.07, 6.45) is -3.95. The minimum atomic E-state index is -4.51. The van der Waals surface area contributed by atoms with Crippen molar-refractivity contribution >= 4 is 11.6 Å². The lowest BCUT2D eigenvalue weighted by atomic mass is 9.85. The molecule has 0 aliphatic heterocycles. The molecule has 102 valence electrons. The van der Waals surface area contributed by atoms with Gasteiger partial charge in [-0.25, -0.2) is 4.39 Å². The fraction of sp³-hybridized carbons (Fsp3) is 0.538. The third-order valence-electron chi connectivity index (χ3n) is 3.03. The molecule has 0 heterocycles. The molecule has 0 saturated carbocycles. The Morgan fingerprint density at radius 3 is 2.17 bits per heavy atom. The average Bonchev–Trinajstić information content (AvgIpc) is 2.22. The highest BCUT2D eigenvalue weighted by Gasteiger charge is 2.33. The summed E-state index contributed by atoms with van der Waals surface area (Å²) < 4.78 is 51.9. The summed E-state index contributed by atoms with van der Waals surface area (Å²) in [7, 11) is 0. The Hall–Kier alpha value is -0.770. The Balaban J connectivity index is 3.39. The molecule has 1 unspecified atom stereocenters. The van der Waals surface area contributed by atoms with Gasteiger partial charge in [0.15, 0.2) is 0 Å². The number of hydrogen-bond donors (Lipinski definition) is 0. The molecule has 0 radical (unpaired) electrons. The molecule has 0 spiro atoms. The molecule has 0 N–H and O–H groups in total. The predicted octanol–water partition coefficient (Wildman–Crippen LogP) is 5.65. The van der Waals surface area contributed by atoms with Crippen LogP contribution in [0.1, 0.15) is 44.2 Å². The normalized spacial score (nSPS) is 14.1. The van der Waals surface area contributed by atoms with E-state index >= 15 is 0 Å². The number of rotatable bonds is 3. The van der Waals surface area contributed by atoms with Crippen LogP contribution in [0.25, 0.3) is 0 Å². The van der Waals surface area contributed by atoms with Crippen LogP contribution in [0.2, 0.25) is 5.02 Å². The largest absolute Gasteiger partial charge is 0.416 e. The number of halogens is 5. The van der Waals surface area contributed by atoms with E-state index in [9.17, 15) is 17.6 Å². The first kappa shape index (κ1) is 15.3. The van der Waals surface area contributed by atoms with Gasteiger partial charge in [0.1, 0.15) is 5.82 Å². The fourth-order valence-corrected chi connectivity index (χ4v) is 2.32. The molecule has 0 aliphatic carbocycles. The summed E-state index contributed by atoms with van der Waals surface area (Å²) in [5.41, 5.74) is -0.852. The third kappa shape index (κ3) is 3.16. The summed E-state index contributed by atoms with van der Waals surface area (Å²) >= 11 is 5.56. The van der Waals surface area contributed by atoms with Crippen LogP contribution in [-0.4, -0.2) is 0 Å². The first-order valence-corrected chi connectivity index (χ1v) is 6.12. The SMILES string of the molecule is CCC(c1cc(C(F)(F)F)cc(Cl)c1F)C(C)C. The highest BCUT2D eigenvalue weighted by atomic mass is 35.5. The molecular weight excluding hydrogens is 268 g/mol. The van der Waals surface area contributed by atoms with Crippen molar-refractivity contribution in [1.29, 1.82) is 0 Å². The lowest BCUT2D eigenvalue weighted by molar-refractivity contribution is -0.137. The molecule has 1 aromatic rings. The summed E-state index contributed by atoms with van der Waals surface area (Å²) in [6.45, 7) is 5.52. The van der Waals surface area contributed by atoms with Crippen molar-refractivity contribution < 1.29 is 17.6 Å². The van der Waals surface area contributed by atoms with Gasteiger partial charge in [0.2, 0.25) is 0 Å². The molecule has 0 aliphatic rings. The molecule has 0 fully saturated rings. The van der Waals surface area contributed by atoms with Crippen LogP contribution in [-0.2, 0) is 6.18 Å². The van der Waals surface area contributed by atoms with Gasteiger partial charge in [-0.15, -0.1) is 0 Å². The van der Waals surface area contributed by atoms with Crippen molar-refractivity contribution in [3.8, 4) is 0 Å². The molecule has 0 saturated heterocycles. The maximum atomic E-state index is 13.9. The zero-order chi connectivity index (χ0) is 14.1. The molecular formula is C13H15ClF4. The standard InChI is InChI=1S/C13H15ClF4/c1-4-9(7(2)3)10-5-8(13(16,17)18)6-11(14)12(10)15/h5-7,9H,4H2,1-3H3. The first-order chi connectivity index (χ1) is 8.18. The van der Waals surface area contributed by atoms with E-state index in [1.54, 1.807) is 0 Å². The lowest BCUT2D eigenvalue weighted by Crippen LogP contribution is -2.12. The van der Waals surface area contributed by atoms with E-state index in [0.717, 1.165) is 6.07 Å².